The number of nitrogens with one attached hydrogen (secondary N) is 1. The predicted octanol–water partition coefficient (Wildman–Crippen LogP) is 3.73. The molecule has 1 heterocycles. The first-order valence-electron chi connectivity index (χ1n) is 12.2. The Morgan fingerprint density at radius 3 is 2.42 bits per heavy atom. The first kappa shape index (κ1) is 29.0. The second-order valence-corrected chi connectivity index (χ2v) is 10.1. The summed E-state index contributed by atoms with van der Waals surface area (Å²) in [6, 6.07) is 7.56. The molecule has 2 aromatic rings. The van der Waals surface area contributed by atoms with Gasteiger partial charge in [0.05, 0.1) is 12.2 Å². The number of halogens is 3. The van der Waals surface area contributed by atoms with Crippen molar-refractivity contribution in [2.45, 2.75) is 57.8 Å². The van der Waals surface area contributed by atoms with E-state index in [-0.39, 0.29) is 31.8 Å². The van der Waals surface area contributed by atoms with Crippen molar-refractivity contribution in [3.05, 3.63) is 71.0 Å². The molecule has 2 aromatic carbocycles. The van der Waals surface area contributed by atoms with Crippen molar-refractivity contribution in [3.8, 4) is 0 Å². The Morgan fingerprint density at radius 2 is 1.79 bits per heavy atom. The molecule has 2 N–H and O–H groups in total. The summed E-state index contributed by atoms with van der Waals surface area (Å²) in [6.45, 7) is 5.58. The van der Waals surface area contributed by atoms with Crippen LogP contribution in [0.5, 0.6) is 0 Å². The molecule has 11 heteroatoms. The predicted molar refractivity (Wildman–Crippen MR) is 133 cm³/mol. The van der Waals surface area contributed by atoms with Gasteiger partial charge < -0.3 is 25.0 Å². The Kier molecular flexibility index (Phi) is 9.37. The molecule has 0 bridgehead atoms. The highest BCUT2D eigenvalue weighted by atomic mass is 19.2. The van der Waals surface area contributed by atoms with Crippen molar-refractivity contribution < 1.29 is 37.4 Å². The molecule has 38 heavy (non-hydrogen) atoms. The van der Waals surface area contributed by atoms with Crippen LogP contribution >= 0.6 is 0 Å². The second-order valence-electron chi connectivity index (χ2n) is 10.1. The first-order chi connectivity index (χ1) is 17.9. The van der Waals surface area contributed by atoms with Crippen LogP contribution in [0, 0.1) is 17.5 Å². The molecule has 0 radical (unpaired) electrons. The van der Waals surface area contributed by atoms with Gasteiger partial charge in [-0.15, -0.1) is 0 Å². The number of nitrogens with zero attached hydrogens (tertiary/aromatic N) is 2. The molecule has 1 fully saturated rings. The molecule has 0 unspecified atom stereocenters. The fraction of sp³-hybridized carbons (Fsp3) is 0.444. The monoisotopic (exact) mass is 535 g/mol. The van der Waals surface area contributed by atoms with Crippen molar-refractivity contribution in [3.63, 3.8) is 0 Å². The summed E-state index contributed by atoms with van der Waals surface area (Å²) < 4.78 is 47.8. The molecule has 3 rings (SSSR count). The molecule has 0 saturated carbocycles. The zero-order valence-corrected chi connectivity index (χ0v) is 21.5. The minimum absolute atomic E-state index is 0.0732. The van der Waals surface area contributed by atoms with Crippen LogP contribution in [0.15, 0.2) is 42.5 Å². The zero-order valence-electron chi connectivity index (χ0n) is 21.5. The van der Waals surface area contributed by atoms with Crippen LogP contribution in [-0.4, -0.2) is 70.2 Å². The van der Waals surface area contributed by atoms with Gasteiger partial charge in [0.2, 0.25) is 11.8 Å². The summed E-state index contributed by atoms with van der Waals surface area (Å²) in [7, 11) is 0. The van der Waals surface area contributed by atoms with Crippen LogP contribution < -0.4 is 5.32 Å². The molecule has 2 atom stereocenters. The third-order valence-corrected chi connectivity index (χ3v) is 6.16. The largest absolute Gasteiger partial charge is 0.465 e. The van der Waals surface area contributed by atoms with Crippen molar-refractivity contribution in [2.75, 3.05) is 19.7 Å². The van der Waals surface area contributed by atoms with E-state index in [9.17, 15) is 32.7 Å². The maximum Gasteiger partial charge on any atom is 0.407 e. The number of carbonyl (C=O) groups is 3. The summed E-state index contributed by atoms with van der Waals surface area (Å²) in [5.74, 6) is -4.67. The highest BCUT2D eigenvalue weighted by Crippen LogP contribution is 2.23. The van der Waals surface area contributed by atoms with Crippen molar-refractivity contribution >= 4 is 17.9 Å². The Morgan fingerprint density at radius 1 is 1.13 bits per heavy atom. The lowest BCUT2D eigenvalue weighted by Gasteiger charge is -2.38. The minimum Gasteiger partial charge on any atom is -0.465 e. The topological polar surface area (TPSA) is 99.2 Å². The van der Waals surface area contributed by atoms with Crippen molar-refractivity contribution in [1.82, 2.24) is 15.1 Å². The molecular weight excluding hydrogens is 503 g/mol. The van der Waals surface area contributed by atoms with Crippen molar-refractivity contribution in [1.29, 1.82) is 0 Å². The number of ether oxygens (including phenoxy) is 1. The van der Waals surface area contributed by atoms with Crippen LogP contribution in [0.4, 0.5) is 18.0 Å². The lowest BCUT2D eigenvalue weighted by atomic mass is 9.99. The van der Waals surface area contributed by atoms with E-state index < -0.39 is 65.9 Å². The Balaban J connectivity index is 1.92. The second kappa shape index (κ2) is 12.3. The van der Waals surface area contributed by atoms with Gasteiger partial charge in [0, 0.05) is 38.2 Å². The van der Waals surface area contributed by atoms with E-state index in [1.54, 1.807) is 51.1 Å². The molecule has 8 nitrogen and oxygen atoms in total. The van der Waals surface area contributed by atoms with E-state index in [1.807, 2.05) is 0 Å². The summed E-state index contributed by atoms with van der Waals surface area (Å²) in [4.78, 5) is 40.7. The molecule has 0 spiro atoms. The van der Waals surface area contributed by atoms with Gasteiger partial charge in [0.15, 0.2) is 11.6 Å². The molecular formula is C27H32F3N3O5. The number of hydrogen-bond donors (Lipinski definition) is 2. The average molecular weight is 536 g/mol. The summed E-state index contributed by atoms with van der Waals surface area (Å²) in [5, 5.41) is 12.7. The Hall–Kier alpha value is -3.60. The van der Waals surface area contributed by atoms with E-state index in [0.717, 1.165) is 4.90 Å². The smallest absolute Gasteiger partial charge is 0.407 e. The van der Waals surface area contributed by atoms with Gasteiger partial charge in [-0.3, -0.25) is 9.59 Å². The Bertz CT molecular complexity index is 1160. The third-order valence-electron chi connectivity index (χ3n) is 6.16. The summed E-state index contributed by atoms with van der Waals surface area (Å²) in [5.41, 5.74) is -0.230. The summed E-state index contributed by atoms with van der Waals surface area (Å²) >= 11 is 0. The minimum atomic E-state index is -1.38. The number of carboxylic acid groups (broad SMARTS) is 1. The number of piperazine rings is 1. The number of hydrogen-bond acceptors (Lipinski definition) is 4. The maximum absolute atomic E-state index is 14.6. The average Bonchev–Trinajstić information content (AvgIpc) is 2.84. The maximum atomic E-state index is 14.6. The fourth-order valence-electron chi connectivity index (χ4n) is 4.23. The van der Waals surface area contributed by atoms with E-state index in [1.165, 1.54) is 4.90 Å². The molecule has 206 valence electrons. The molecule has 1 aliphatic rings. The van der Waals surface area contributed by atoms with Gasteiger partial charge in [-0.2, -0.15) is 0 Å². The standard InChI is InChI=1S/C27H32F3N3O5/c1-27(2,3)38-16-23-25(35)31-9-10-32(23)24(34)13-19(11-18-12-21(29)22(30)14-20(18)28)33(26(36)37)15-17-7-5-4-6-8-17/h4-8,12,14,19,23H,9-11,13,15-16H2,1-3H3,(H,31,35)(H,36,37)/t19-,23-/m1/s1. The molecule has 1 saturated heterocycles. The normalized spacial score (nSPS) is 16.6. The molecule has 0 aliphatic carbocycles. The molecule has 1 aliphatic heterocycles. The number of carbonyl (C=O) groups excluding carboxylic acids is 2. The van der Waals surface area contributed by atoms with Gasteiger partial charge in [-0.1, -0.05) is 30.3 Å². The quantitative estimate of drug-likeness (QED) is 0.477. The highest BCUT2D eigenvalue weighted by Gasteiger charge is 2.37. The lowest BCUT2D eigenvalue weighted by Crippen LogP contribution is -2.60. The van der Waals surface area contributed by atoms with Gasteiger partial charge in [0.1, 0.15) is 11.9 Å². The third kappa shape index (κ3) is 7.70. The SMILES string of the molecule is CC(C)(C)OC[C@@H]1C(=O)NCCN1C(=O)C[C@@H](Cc1cc(F)c(F)cc1F)N(Cc1ccccc1)C(=O)O. The number of rotatable bonds is 9. The van der Waals surface area contributed by atoms with E-state index >= 15 is 0 Å². The fourth-order valence-corrected chi connectivity index (χ4v) is 4.23. The van der Waals surface area contributed by atoms with Gasteiger partial charge in [0.25, 0.3) is 0 Å². The van der Waals surface area contributed by atoms with Crippen LogP contribution in [0.3, 0.4) is 0 Å². The Labute approximate surface area is 219 Å². The van der Waals surface area contributed by atoms with E-state index in [2.05, 4.69) is 5.32 Å². The van der Waals surface area contributed by atoms with Crippen molar-refractivity contribution in [2.24, 2.45) is 0 Å². The van der Waals surface area contributed by atoms with Gasteiger partial charge in [-0.25, -0.2) is 18.0 Å². The summed E-state index contributed by atoms with van der Waals surface area (Å²) in [6.07, 6.45) is -2.19. The van der Waals surface area contributed by atoms with Crippen LogP contribution in [-0.2, 0) is 27.3 Å². The first-order valence-corrected chi connectivity index (χ1v) is 12.2. The number of benzene rings is 2. The van der Waals surface area contributed by atoms with Crippen LogP contribution in [0.25, 0.3) is 0 Å². The zero-order chi connectivity index (χ0) is 28.0. The van der Waals surface area contributed by atoms with Crippen LogP contribution in [0.1, 0.15) is 38.3 Å². The molecule has 0 aromatic heterocycles. The van der Waals surface area contributed by atoms with Gasteiger partial charge >= 0.3 is 6.09 Å². The highest BCUT2D eigenvalue weighted by molar-refractivity contribution is 5.89. The molecule has 3 amide bonds. The number of amides is 3. The van der Waals surface area contributed by atoms with E-state index in [4.69, 9.17) is 4.74 Å². The lowest BCUT2D eigenvalue weighted by molar-refractivity contribution is -0.149. The van der Waals surface area contributed by atoms with Crippen LogP contribution in [0.2, 0.25) is 0 Å². The van der Waals surface area contributed by atoms with E-state index in [0.29, 0.717) is 17.7 Å². The van der Waals surface area contributed by atoms with Gasteiger partial charge in [-0.05, 0) is 44.4 Å².